The van der Waals surface area contributed by atoms with Gasteiger partial charge in [0.25, 0.3) is 0 Å². The fourth-order valence-corrected chi connectivity index (χ4v) is 2.37. The second kappa shape index (κ2) is 9.40. The molecule has 0 aliphatic heterocycles. The quantitative estimate of drug-likeness (QED) is 0.629. The van der Waals surface area contributed by atoms with Crippen LogP contribution in [0.4, 0.5) is 11.4 Å². The highest BCUT2D eigenvalue weighted by Crippen LogP contribution is 2.26. The lowest BCUT2D eigenvalue weighted by molar-refractivity contribution is -0.114. The third-order valence-corrected chi connectivity index (χ3v) is 3.85. The molecule has 0 saturated carbocycles. The Bertz CT molecular complexity index is 692. The number of ether oxygens (including phenoxy) is 1. The van der Waals surface area contributed by atoms with Crippen LogP contribution >= 0.6 is 23.2 Å². The van der Waals surface area contributed by atoms with E-state index in [9.17, 15) is 4.79 Å². The van der Waals surface area contributed by atoms with Crippen molar-refractivity contribution in [2.24, 2.45) is 0 Å². The molecular weight excluding hydrogens is 347 g/mol. The van der Waals surface area contributed by atoms with Crippen LogP contribution in [-0.2, 0) is 4.79 Å². The van der Waals surface area contributed by atoms with E-state index < -0.39 is 0 Å². The van der Waals surface area contributed by atoms with E-state index in [1.54, 1.807) is 18.2 Å². The molecule has 4 nitrogen and oxygen atoms in total. The summed E-state index contributed by atoms with van der Waals surface area (Å²) in [6, 6.07) is 12.5. The van der Waals surface area contributed by atoms with Crippen LogP contribution in [0.3, 0.4) is 0 Å². The molecule has 0 aliphatic carbocycles. The lowest BCUT2D eigenvalue weighted by atomic mass is 10.3. The van der Waals surface area contributed by atoms with Crippen LogP contribution in [0.15, 0.2) is 42.5 Å². The van der Waals surface area contributed by atoms with Crippen molar-refractivity contribution >= 4 is 40.5 Å². The fraction of sp³-hybridized carbons (Fsp3) is 0.278. The number of anilines is 2. The molecule has 0 spiro atoms. The number of amides is 1. The second-order valence-electron chi connectivity index (χ2n) is 5.22. The topological polar surface area (TPSA) is 50.4 Å². The lowest BCUT2D eigenvalue weighted by Crippen LogP contribution is -2.22. The summed E-state index contributed by atoms with van der Waals surface area (Å²) in [6.07, 6.45) is 2.06. The Balaban J connectivity index is 1.93. The van der Waals surface area contributed by atoms with Crippen molar-refractivity contribution in [2.45, 2.75) is 19.8 Å². The van der Waals surface area contributed by atoms with E-state index in [4.69, 9.17) is 27.9 Å². The fourth-order valence-electron chi connectivity index (χ4n) is 2.03. The van der Waals surface area contributed by atoms with Crippen molar-refractivity contribution < 1.29 is 9.53 Å². The van der Waals surface area contributed by atoms with E-state index in [0.717, 1.165) is 24.3 Å². The summed E-state index contributed by atoms with van der Waals surface area (Å²) in [7, 11) is 0. The Morgan fingerprint density at radius 1 is 1.12 bits per heavy atom. The highest BCUT2D eigenvalue weighted by Gasteiger charge is 2.08. The second-order valence-corrected chi connectivity index (χ2v) is 6.07. The molecule has 0 atom stereocenters. The number of nitrogens with one attached hydrogen (secondary N) is 2. The van der Waals surface area contributed by atoms with Gasteiger partial charge in [-0.1, -0.05) is 48.7 Å². The minimum absolute atomic E-state index is 0.0942. The van der Waals surface area contributed by atoms with E-state index in [1.165, 1.54) is 0 Å². The highest BCUT2D eigenvalue weighted by atomic mass is 35.5. The summed E-state index contributed by atoms with van der Waals surface area (Å²) < 4.78 is 5.73. The van der Waals surface area contributed by atoms with Gasteiger partial charge in [-0.2, -0.15) is 0 Å². The van der Waals surface area contributed by atoms with E-state index in [-0.39, 0.29) is 12.5 Å². The molecule has 0 bridgehead atoms. The Hall–Kier alpha value is -1.91. The van der Waals surface area contributed by atoms with Gasteiger partial charge in [-0.05, 0) is 36.8 Å². The zero-order valence-corrected chi connectivity index (χ0v) is 15.0. The molecule has 1 amide bonds. The molecule has 2 rings (SSSR count). The predicted octanol–water partition coefficient (Wildman–Crippen LogP) is 5.22. The van der Waals surface area contributed by atoms with E-state index >= 15 is 0 Å². The van der Waals surface area contributed by atoms with Crippen LogP contribution in [0, 0.1) is 0 Å². The van der Waals surface area contributed by atoms with E-state index in [0.29, 0.717) is 22.3 Å². The molecule has 0 radical (unpaired) electrons. The van der Waals surface area contributed by atoms with Crippen molar-refractivity contribution in [3.05, 3.63) is 52.5 Å². The van der Waals surface area contributed by atoms with Crippen molar-refractivity contribution in [3.63, 3.8) is 0 Å². The maximum atomic E-state index is 12.1. The molecule has 24 heavy (non-hydrogen) atoms. The average Bonchev–Trinajstić information content (AvgIpc) is 2.57. The third-order valence-electron chi connectivity index (χ3n) is 3.28. The Kier molecular flexibility index (Phi) is 7.22. The standard InChI is InChI=1S/C18H20Cl2N2O2/c1-2-3-10-24-17-7-5-4-6-15(17)21-12-18(23)22-16-11-13(19)8-9-14(16)20/h4-9,11,21H,2-3,10,12H2,1H3,(H,22,23). The summed E-state index contributed by atoms with van der Waals surface area (Å²) in [5.41, 5.74) is 1.27. The maximum absolute atomic E-state index is 12.1. The first-order valence-electron chi connectivity index (χ1n) is 7.80. The zero-order valence-electron chi connectivity index (χ0n) is 13.4. The van der Waals surface area contributed by atoms with Crippen molar-refractivity contribution in [3.8, 4) is 5.75 Å². The molecule has 2 aromatic rings. The van der Waals surface area contributed by atoms with Crippen molar-refractivity contribution in [2.75, 3.05) is 23.8 Å². The van der Waals surface area contributed by atoms with Gasteiger partial charge in [-0.25, -0.2) is 0 Å². The predicted molar refractivity (Wildman–Crippen MR) is 100 cm³/mol. The molecule has 0 unspecified atom stereocenters. The van der Waals surface area contributed by atoms with Gasteiger partial charge in [0, 0.05) is 5.02 Å². The van der Waals surface area contributed by atoms with Crippen LogP contribution in [0.2, 0.25) is 10.0 Å². The lowest BCUT2D eigenvalue weighted by Gasteiger charge is -2.13. The normalized spacial score (nSPS) is 10.3. The smallest absolute Gasteiger partial charge is 0.243 e. The number of carbonyl (C=O) groups is 1. The largest absolute Gasteiger partial charge is 0.491 e. The average molecular weight is 367 g/mol. The number of hydrogen-bond donors (Lipinski definition) is 2. The summed E-state index contributed by atoms with van der Waals surface area (Å²) in [5, 5.41) is 6.77. The molecule has 128 valence electrons. The molecular formula is C18H20Cl2N2O2. The SMILES string of the molecule is CCCCOc1ccccc1NCC(=O)Nc1cc(Cl)ccc1Cl. The molecule has 2 aromatic carbocycles. The number of hydrogen-bond acceptors (Lipinski definition) is 3. The Morgan fingerprint density at radius 2 is 1.92 bits per heavy atom. The first kappa shape index (κ1) is 18.4. The molecule has 0 aromatic heterocycles. The van der Waals surface area contributed by atoms with Gasteiger partial charge in [0.2, 0.25) is 5.91 Å². The van der Waals surface area contributed by atoms with Crippen LogP contribution in [0.25, 0.3) is 0 Å². The minimum Gasteiger partial charge on any atom is -0.491 e. The van der Waals surface area contributed by atoms with Gasteiger partial charge in [-0.15, -0.1) is 0 Å². The molecule has 0 fully saturated rings. The summed E-state index contributed by atoms with van der Waals surface area (Å²) >= 11 is 12.0. The maximum Gasteiger partial charge on any atom is 0.243 e. The number of carbonyl (C=O) groups excluding carboxylic acids is 1. The van der Waals surface area contributed by atoms with Crippen LogP contribution in [0.1, 0.15) is 19.8 Å². The molecule has 0 aliphatic rings. The first-order chi connectivity index (χ1) is 11.6. The summed E-state index contributed by atoms with van der Waals surface area (Å²) in [4.78, 5) is 12.1. The Morgan fingerprint density at radius 3 is 2.71 bits per heavy atom. The van der Waals surface area contributed by atoms with E-state index in [1.807, 2.05) is 24.3 Å². The molecule has 0 heterocycles. The summed E-state index contributed by atoms with van der Waals surface area (Å²) in [6.45, 7) is 2.86. The molecule has 2 N–H and O–H groups in total. The van der Waals surface area contributed by atoms with Gasteiger partial charge in [0.05, 0.1) is 29.5 Å². The third kappa shape index (κ3) is 5.62. The molecule has 6 heteroatoms. The van der Waals surface area contributed by atoms with Crippen LogP contribution < -0.4 is 15.4 Å². The van der Waals surface area contributed by atoms with Crippen LogP contribution in [-0.4, -0.2) is 19.1 Å². The van der Waals surface area contributed by atoms with E-state index in [2.05, 4.69) is 17.6 Å². The monoisotopic (exact) mass is 366 g/mol. The number of rotatable bonds is 8. The zero-order chi connectivity index (χ0) is 17.4. The van der Waals surface area contributed by atoms with Gasteiger partial charge in [0.1, 0.15) is 5.75 Å². The Labute approximate surface area is 152 Å². The summed E-state index contributed by atoms with van der Waals surface area (Å²) in [5.74, 6) is 0.516. The minimum atomic E-state index is -0.220. The van der Waals surface area contributed by atoms with Gasteiger partial charge < -0.3 is 15.4 Å². The number of para-hydroxylation sites is 2. The number of benzene rings is 2. The van der Waals surface area contributed by atoms with Crippen molar-refractivity contribution in [1.29, 1.82) is 0 Å². The van der Waals surface area contributed by atoms with Crippen molar-refractivity contribution in [1.82, 2.24) is 0 Å². The van der Waals surface area contributed by atoms with Crippen LogP contribution in [0.5, 0.6) is 5.75 Å². The van der Waals surface area contributed by atoms with Gasteiger partial charge in [-0.3, -0.25) is 4.79 Å². The number of unbranched alkanes of at least 4 members (excludes halogenated alkanes) is 1. The highest BCUT2D eigenvalue weighted by molar-refractivity contribution is 6.35. The van der Waals surface area contributed by atoms with Gasteiger partial charge >= 0.3 is 0 Å². The first-order valence-corrected chi connectivity index (χ1v) is 8.56. The van der Waals surface area contributed by atoms with Gasteiger partial charge in [0.15, 0.2) is 0 Å². The molecule has 0 saturated heterocycles. The number of halogens is 2.